The Labute approximate surface area is 137 Å². The summed E-state index contributed by atoms with van der Waals surface area (Å²) in [5.74, 6) is 1.26. The fraction of sp³-hybridized carbons (Fsp3) is 0.316. The van der Waals surface area contributed by atoms with Gasteiger partial charge in [0.1, 0.15) is 5.75 Å². The third-order valence-corrected chi connectivity index (χ3v) is 4.17. The molecule has 2 aromatic rings. The first-order valence-corrected chi connectivity index (χ1v) is 7.93. The number of rotatable bonds is 3. The molecule has 2 aromatic carbocycles. The molecule has 0 spiro atoms. The lowest BCUT2D eigenvalue weighted by Gasteiger charge is -2.33. The van der Waals surface area contributed by atoms with Crippen LogP contribution in [0.3, 0.4) is 0 Å². The highest BCUT2D eigenvalue weighted by molar-refractivity contribution is 5.93. The number of carbonyl (C=O) groups excluding carboxylic acids is 1. The van der Waals surface area contributed by atoms with Crippen LogP contribution in [0.25, 0.3) is 0 Å². The Balaban J connectivity index is 1.76. The van der Waals surface area contributed by atoms with E-state index in [1.807, 2.05) is 53.4 Å². The Hall–Kier alpha value is -2.49. The molecule has 0 saturated carbocycles. The van der Waals surface area contributed by atoms with Crippen LogP contribution >= 0.6 is 0 Å². The van der Waals surface area contributed by atoms with Gasteiger partial charge < -0.3 is 10.1 Å². The first-order chi connectivity index (χ1) is 11.2. The lowest BCUT2D eigenvalue weighted by molar-refractivity contribution is 0.244. The van der Waals surface area contributed by atoms with Gasteiger partial charge in [-0.05, 0) is 41.7 Å². The number of anilines is 1. The molecule has 1 unspecified atom stereocenters. The molecule has 1 heterocycles. The van der Waals surface area contributed by atoms with Crippen molar-refractivity contribution in [2.75, 3.05) is 18.6 Å². The van der Waals surface area contributed by atoms with E-state index in [1.54, 1.807) is 7.11 Å². The maximum absolute atomic E-state index is 12.6. The van der Waals surface area contributed by atoms with Crippen molar-refractivity contribution in [3.05, 3.63) is 59.7 Å². The molecule has 4 heteroatoms. The summed E-state index contributed by atoms with van der Waals surface area (Å²) < 4.78 is 5.30. The molecule has 0 radical (unpaired) electrons. The molecule has 120 valence electrons. The van der Waals surface area contributed by atoms with Crippen molar-refractivity contribution in [3.63, 3.8) is 0 Å². The van der Waals surface area contributed by atoms with Crippen LogP contribution in [0.1, 0.15) is 18.1 Å². The van der Waals surface area contributed by atoms with Crippen molar-refractivity contribution >= 4 is 11.7 Å². The van der Waals surface area contributed by atoms with E-state index in [0.29, 0.717) is 12.5 Å². The van der Waals surface area contributed by atoms with Crippen molar-refractivity contribution in [2.45, 2.75) is 19.9 Å². The number of amides is 2. The van der Waals surface area contributed by atoms with Gasteiger partial charge in [-0.25, -0.2) is 4.79 Å². The van der Waals surface area contributed by atoms with Gasteiger partial charge >= 0.3 is 6.03 Å². The Morgan fingerprint density at radius 1 is 1.26 bits per heavy atom. The SMILES string of the molecule is COc1ccc2c(c1)CC(C)CN2C(=O)NCc1ccccc1. The van der Waals surface area contributed by atoms with E-state index in [2.05, 4.69) is 12.2 Å². The predicted octanol–water partition coefficient (Wildman–Crippen LogP) is 3.60. The normalized spacial score (nSPS) is 16.6. The molecule has 4 nitrogen and oxygen atoms in total. The Morgan fingerprint density at radius 2 is 2.04 bits per heavy atom. The molecule has 0 fully saturated rings. The third kappa shape index (κ3) is 3.47. The number of hydrogen-bond acceptors (Lipinski definition) is 2. The Bertz CT molecular complexity index is 685. The maximum Gasteiger partial charge on any atom is 0.322 e. The second-order valence-corrected chi connectivity index (χ2v) is 6.06. The van der Waals surface area contributed by atoms with Crippen LogP contribution in [0.4, 0.5) is 10.5 Å². The molecule has 0 saturated heterocycles. The zero-order valence-corrected chi connectivity index (χ0v) is 13.6. The molecular weight excluding hydrogens is 288 g/mol. The van der Waals surface area contributed by atoms with Gasteiger partial charge in [-0.3, -0.25) is 4.90 Å². The molecule has 0 aliphatic carbocycles. The summed E-state index contributed by atoms with van der Waals surface area (Å²) in [5, 5.41) is 3.01. The van der Waals surface area contributed by atoms with E-state index in [-0.39, 0.29) is 6.03 Å². The van der Waals surface area contributed by atoms with Gasteiger partial charge in [-0.1, -0.05) is 37.3 Å². The third-order valence-electron chi connectivity index (χ3n) is 4.17. The van der Waals surface area contributed by atoms with Crippen molar-refractivity contribution < 1.29 is 9.53 Å². The molecule has 1 aliphatic heterocycles. The van der Waals surface area contributed by atoms with Gasteiger partial charge in [0.2, 0.25) is 0 Å². The van der Waals surface area contributed by atoms with Crippen LogP contribution in [0.2, 0.25) is 0 Å². The molecule has 2 amide bonds. The van der Waals surface area contributed by atoms with Crippen LogP contribution < -0.4 is 15.0 Å². The second-order valence-electron chi connectivity index (χ2n) is 6.06. The highest BCUT2D eigenvalue weighted by Gasteiger charge is 2.26. The van der Waals surface area contributed by atoms with Gasteiger partial charge in [-0.2, -0.15) is 0 Å². The number of hydrogen-bond donors (Lipinski definition) is 1. The number of nitrogens with one attached hydrogen (secondary N) is 1. The standard InChI is InChI=1S/C19H22N2O2/c1-14-10-16-11-17(23-2)8-9-18(16)21(13-14)19(22)20-12-15-6-4-3-5-7-15/h3-9,11,14H,10,12-13H2,1-2H3,(H,20,22). The van der Waals surface area contributed by atoms with E-state index in [9.17, 15) is 4.79 Å². The molecular formula is C19H22N2O2. The highest BCUT2D eigenvalue weighted by Crippen LogP contribution is 2.32. The lowest BCUT2D eigenvalue weighted by Crippen LogP contribution is -2.45. The van der Waals surface area contributed by atoms with Crippen LogP contribution in [-0.2, 0) is 13.0 Å². The number of ether oxygens (including phenoxy) is 1. The lowest BCUT2D eigenvalue weighted by atomic mass is 9.94. The Morgan fingerprint density at radius 3 is 2.78 bits per heavy atom. The van der Waals surface area contributed by atoms with Crippen molar-refractivity contribution in [3.8, 4) is 5.75 Å². The van der Waals surface area contributed by atoms with Gasteiger partial charge in [-0.15, -0.1) is 0 Å². The molecule has 1 aliphatic rings. The summed E-state index contributed by atoms with van der Waals surface area (Å²) in [6, 6.07) is 15.8. The van der Waals surface area contributed by atoms with Crippen molar-refractivity contribution in [1.29, 1.82) is 0 Å². The van der Waals surface area contributed by atoms with Crippen molar-refractivity contribution in [2.24, 2.45) is 5.92 Å². The first kappa shape index (κ1) is 15.4. The minimum atomic E-state index is -0.0492. The topological polar surface area (TPSA) is 41.6 Å². The summed E-state index contributed by atoms with van der Waals surface area (Å²) >= 11 is 0. The zero-order chi connectivity index (χ0) is 16.2. The Kier molecular flexibility index (Phi) is 4.51. The van der Waals surface area contributed by atoms with E-state index in [1.165, 1.54) is 0 Å². The second kappa shape index (κ2) is 6.73. The van der Waals surface area contributed by atoms with Crippen LogP contribution in [0.15, 0.2) is 48.5 Å². The number of fused-ring (bicyclic) bond motifs is 1. The number of methoxy groups -OCH3 is 1. The largest absolute Gasteiger partial charge is 0.497 e. The minimum absolute atomic E-state index is 0.0492. The average Bonchev–Trinajstić information content (AvgIpc) is 2.59. The van der Waals surface area contributed by atoms with Gasteiger partial charge in [0.25, 0.3) is 0 Å². The molecule has 1 N–H and O–H groups in total. The van der Waals surface area contributed by atoms with E-state index in [0.717, 1.165) is 35.5 Å². The van der Waals surface area contributed by atoms with Gasteiger partial charge in [0, 0.05) is 18.8 Å². The predicted molar refractivity (Wildman–Crippen MR) is 91.9 cm³/mol. The number of nitrogens with zero attached hydrogens (tertiary/aromatic N) is 1. The number of urea groups is 1. The smallest absolute Gasteiger partial charge is 0.322 e. The summed E-state index contributed by atoms with van der Waals surface area (Å²) in [7, 11) is 1.66. The summed E-state index contributed by atoms with van der Waals surface area (Å²) in [5.41, 5.74) is 3.24. The molecule has 1 atom stereocenters. The monoisotopic (exact) mass is 310 g/mol. The van der Waals surface area contributed by atoms with E-state index >= 15 is 0 Å². The summed E-state index contributed by atoms with van der Waals surface area (Å²) in [4.78, 5) is 14.5. The average molecular weight is 310 g/mol. The van der Waals surface area contributed by atoms with E-state index in [4.69, 9.17) is 4.74 Å². The van der Waals surface area contributed by atoms with Crippen LogP contribution in [0, 0.1) is 5.92 Å². The van der Waals surface area contributed by atoms with Crippen LogP contribution in [-0.4, -0.2) is 19.7 Å². The maximum atomic E-state index is 12.6. The fourth-order valence-electron chi connectivity index (χ4n) is 3.03. The molecule has 3 rings (SSSR count). The number of carbonyl (C=O) groups is 1. The first-order valence-electron chi connectivity index (χ1n) is 7.93. The quantitative estimate of drug-likeness (QED) is 0.941. The van der Waals surface area contributed by atoms with Gasteiger partial charge in [0.15, 0.2) is 0 Å². The minimum Gasteiger partial charge on any atom is -0.497 e. The van der Waals surface area contributed by atoms with Crippen LogP contribution in [0.5, 0.6) is 5.75 Å². The molecule has 23 heavy (non-hydrogen) atoms. The molecule has 0 aromatic heterocycles. The highest BCUT2D eigenvalue weighted by atomic mass is 16.5. The molecule has 0 bridgehead atoms. The number of benzene rings is 2. The van der Waals surface area contributed by atoms with E-state index < -0.39 is 0 Å². The van der Waals surface area contributed by atoms with Crippen molar-refractivity contribution in [1.82, 2.24) is 5.32 Å². The van der Waals surface area contributed by atoms with Gasteiger partial charge in [0.05, 0.1) is 7.11 Å². The fourth-order valence-corrected chi connectivity index (χ4v) is 3.03. The zero-order valence-electron chi connectivity index (χ0n) is 13.6. The summed E-state index contributed by atoms with van der Waals surface area (Å²) in [6.07, 6.45) is 0.967. The summed E-state index contributed by atoms with van der Waals surface area (Å²) in [6.45, 7) is 3.44.